The highest BCUT2D eigenvalue weighted by atomic mass is 16.5. The Morgan fingerprint density at radius 1 is 0.329 bits per heavy atom. The van der Waals surface area contributed by atoms with Crippen LogP contribution in [0, 0.1) is 0 Å². The van der Waals surface area contributed by atoms with E-state index in [1.165, 1.54) is 353 Å². The number of allylic oxidation sites excluding steroid dienone is 3. The molecule has 1 amide bonds. The first-order chi connectivity index (χ1) is 40.5. The van der Waals surface area contributed by atoms with Crippen LogP contribution in [0.25, 0.3) is 0 Å². The monoisotopic (exact) mass is 1150 g/mol. The molecule has 0 fully saturated rings. The van der Waals surface area contributed by atoms with E-state index in [0.717, 1.165) is 44.9 Å². The third-order valence-electron chi connectivity index (χ3n) is 17.7. The number of hydrogen-bond donors (Lipinski definition) is 3. The van der Waals surface area contributed by atoms with Crippen molar-refractivity contribution in [2.45, 2.75) is 437 Å². The van der Waals surface area contributed by atoms with Gasteiger partial charge < -0.3 is 20.3 Å². The van der Waals surface area contributed by atoms with Crippen molar-refractivity contribution in [3.05, 3.63) is 24.3 Å². The van der Waals surface area contributed by atoms with Gasteiger partial charge in [0.2, 0.25) is 5.91 Å². The summed E-state index contributed by atoms with van der Waals surface area (Å²) in [6.45, 7) is 4.95. The lowest BCUT2D eigenvalue weighted by molar-refractivity contribution is -0.143. The molecule has 6 nitrogen and oxygen atoms in total. The maximum atomic E-state index is 12.5. The highest BCUT2D eigenvalue weighted by molar-refractivity contribution is 5.76. The lowest BCUT2D eigenvalue weighted by Gasteiger charge is -2.20. The summed E-state index contributed by atoms with van der Waals surface area (Å²) < 4.78 is 5.51. The number of rotatable bonds is 71. The molecule has 0 aliphatic carbocycles. The molecule has 0 rings (SSSR count). The first-order valence-corrected chi connectivity index (χ1v) is 37.6. The SMILES string of the molecule is CCCCCCCCC/C=C\CCCCCCCCCC(=O)OCCCCCCCCCCCCCCCCCCCCCCCCCCCCCCC(=O)NC(CO)C(O)/C=C/CCCCCCCCCCCCCCCCCCC. The molecular formula is C76H147NO5. The van der Waals surface area contributed by atoms with Gasteiger partial charge in [0.05, 0.1) is 25.4 Å². The normalized spacial score (nSPS) is 12.6. The van der Waals surface area contributed by atoms with Crippen LogP contribution in [0.4, 0.5) is 0 Å². The Balaban J connectivity index is 3.35. The van der Waals surface area contributed by atoms with Crippen molar-refractivity contribution >= 4 is 11.9 Å². The molecule has 0 radical (unpaired) electrons. The van der Waals surface area contributed by atoms with Crippen LogP contribution in [-0.2, 0) is 14.3 Å². The Hall–Kier alpha value is -1.66. The van der Waals surface area contributed by atoms with E-state index in [1.54, 1.807) is 6.08 Å². The molecule has 0 aromatic carbocycles. The average molecular weight is 1160 g/mol. The number of esters is 1. The van der Waals surface area contributed by atoms with Crippen molar-refractivity contribution in [1.29, 1.82) is 0 Å². The van der Waals surface area contributed by atoms with E-state index in [4.69, 9.17) is 4.74 Å². The van der Waals surface area contributed by atoms with Crippen molar-refractivity contribution in [3.63, 3.8) is 0 Å². The van der Waals surface area contributed by atoms with Crippen molar-refractivity contribution < 1.29 is 24.5 Å². The molecule has 2 unspecified atom stereocenters. The van der Waals surface area contributed by atoms with Gasteiger partial charge in [-0.05, 0) is 57.8 Å². The van der Waals surface area contributed by atoms with Crippen LogP contribution in [0.5, 0.6) is 0 Å². The highest BCUT2D eigenvalue weighted by Gasteiger charge is 2.18. The Labute approximate surface area is 513 Å². The third-order valence-corrected chi connectivity index (χ3v) is 17.7. The van der Waals surface area contributed by atoms with E-state index in [0.29, 0.717) is 19.4 Å². The smallest absolute Gasteiger partial charge is 0.305 e. The summed E-state index contributed by atoms with van der Waals surface area (Å²) in [5.41, 5.74) is 0. The van der Waals surface area contributed by atoms with Gasteiger partial charge in [0.1, 0.15) is 0 Å². The molecule has 0 aliphatic heterocycles. The van der Waals surface area contributed by atoms with E-state index < -0.39 is 12.1 Å². The standard InChI is InChI=1S/C76H147NO5/c1-3-5-7-9-11-13-15-17-19-21-33-36-40-44-48-52-56-60-64-68-74(79)73(72-78)77-75(80)69-65-61-57-53-49-45-41-37-34-31-29-27-25-23-24-26-28-30-32-35-39-43-47-51-55-59-63-67-71-82-76(81)70-66-62-58-54-50-46-42-38-22-20-18-16-14-12-10-8-6-4-2/h20,22,64,68,73-74,78-79H,3-19,21,23-63,65-67,69-72H2,1-2H3,(H,77,80)/b22-20-,68-64+. The van der Waals surface area contributed by atoms with Crippen LogP contribution < -0.4 is 5.32 Å². The van der Waals surface area contributed by atoms with Gasteiger partial charge in [-0.2, -0.15) is 0 Å². The zero-order chi connectivity index (χ0) is 59.2. The maximum Gasteiger partial charge on any atom is 0.305 e. The number of carbonyl (C=O) groups is 2. The molecular weight excluding hydrogens is 1010 g/mol. The molecule has 0 saturated heterocycles. The fourth-order valence-electron chi connectivity index (χ4n) is 12.0. The van der Waals surface area contributed by atoms with Gasteiger partial charge in [0.25, 0.3) is 0 Å². The summed E-state index contributed by atoms with van der Waals surface area (Å²) in [4.78, 5) is 24.6. The number of unbranched alkanes of at least 4 members (excludes halogenated alkanes) is 58. The summed E-state index contributed by atoms with van der Waals surface area (Å²) in [6, 6.07) is -0.626. The van der Waals surface area contributed by atoms with E-state index in [2.05, 4.69) is 31.3 Å². The van der Waals surface area contributed by atoms with Crippen LogP contribution in [0.15, 0.2) is 24.3 Å². The van der Waals surface area contributed by atoms with Gasteiger partial charge >= 0.3 is 5.97 Å². The lowest BCUT2D eigenvalue weighted by atomic mass is 10.0. The first-order valence-electron chi connectivity index (χ1n) is 37.6. The average Bonchev–Trinajstić information content (AvgIpc) is 3.48. The molecule has 0 bridgehead atoms. The second kappa shape index (κ2) is 71.8. The fourth-order valence-corrected chi connectivity index (χ4v) is 12.0. The van der Waals surface area contributed by atoms with Crippen LogP contribution >= 0.6 is 0 Å². The molecule has 0 aromatic heterocycles. The molecule has 0 aromatic rings. The fraction of sp³-hybridized carbons (Fsp3) is 0.921. The van der Waals surface area contributed by atoms with Crippen LogP contribution in [-0.4, -0.2) is 47.4 Å². The number of aliphatic hydroxyl groups is 2. The van der Waals surface area contributed by atoms with Crippen LogP contribution in [0.2, 0.25) is 0 Å². The summed E-state index contributed by atoms with van der Waals surface area (Å²) in [5, 5.41) is 23.2. The summed E-state index contributed by atoms with van der Waals surface area (Å²) in [7, 11) is 0. The molecule has 0 spiro atoms. The molecule has 486 valence electrons. The number of aliphatic hydroxyl groups excluding tert-OH is 2. The minimum atomic E-state index is -0.843. The zero-order valence-electron chi connectivity index (χ0n) is 55.8. The topological polar surface area (TPSA) is 95.9 Å². The lowest BCUT2D eigenvalue weighted by Crippen LogP contribution is -2.45. The number of hydrogen-bond acceptors (Lipinski definition) is 5. The van der Waals surface area contributed by atoms with Crippen molar-refractivity contribution in [2.24, 2.45) is 0 Å². The van der Waals surface area contributed by atoms with E-state index in [1.807, 2.05) is 6.08 Å². The van der Waals surface area contributed by atoms with Gasteiger partial charge in [0.15, 0.2) is 0 Å². The minimum Gasteiger partial charge on any atom is -0.466 e. The second-order valence-corrected chi connectivity index (χ2v) is 26.0. The largest absolute Gasteiger partial charge is 0.466 e. The third kappa shape index (κ3) is 67.5. The Kier molecular flexibility index (Phi) is 70.4. The van der Waals surface area contributed by atoms with E-state index in [-0.39, 0.29) is 18.5 Å². The van der Waals surface area contributed by atoms with Gasteiger partial charge in [-0.3, -0.25) is 9.59 Å². The van der Waals surface area contributed by atoms with Gasteiger partial charge in [-0.1, -0.05) is 378 Å². The van der Waals surface area contributed by atoms with E-state index in [9.17, 15) is 19.8 Å². The number of ether oxygens (including phenoxy) is 1. The van der Waals surface area contributed by atoms with E-state index >= 15 is 0 Å². The maximum absolute atomic E-state index is 12.5. The Morgan fingerprint density at radius 2 is 0.573 bits per heavy atom. The van der Waals surface area contributed by atoms with Crippen molar-refractivity contribution in [1.82, 2.24) is 5.32 Å². The summed E-state index contributed by atoms with van der Waals surface area (Å²) in [5.74, 6) is -0.0443. The minimum absolute atomic E-state index is 0.0165. The van der Waals surface area contributed by atoms with Crippen molar-refractivity contribution in [2.75, 3.05) is 13.2 Å². The zero-order valence-corrected chi connectivity index (χ0v) is 55.8. The molecule has 3 N–H and O–H groups in total. The first kappa shape index (κ1) is 80.3. The predicted molar refractivity (Wildman–Crippen MR) is 361 cm³/mol. The predicted octanol–water partition coefficient (Wildman–Crippen LogP) is 24.5. The summed E-state index contributed by atoms with van der Waals surface area (Å²) in [6.07, 6.45) is 91.3. The Bertz CT molecular complexity index is 1280. The van der Waals surface area contributed by atoms with Gasteiger partial charge in [-0.15, -0.1) is 0 Å². The second-order valence-electron chi connectivity index (χ2n) is 26.0. The molecule has 2 atom stereocenters. The molecule has 82 heavy (non-hydrogen) atoms. The van der Waals surface area contributed by atoms with Gasteiger partial charge in [-0.25, -0.2) is 0 Å². The van der Waals surface area contributed by atoms with Crippen LogP contribution in [0.1, 0.15) is 425 Å². The molecule has 0 aliphatic rings. The molecule has 0 saturated carbocycles. The quantitative estimate of drug-likeness (QED) is 0.0320. The number of amides is 1. The summed E-state index contributed by atoms with van der Waals surface area (Å²) >= 11 is 0. The molecule has 0 heterocycles. The molecule has 6 heteroatoms. The highest BCUT2D eigenvalue weighted by Crippen LogP contribution is 2.19. The van der Waals surface area contributed by atoms with Crippen LogP contribution in [0.3, 0.4) is 0 Å². The Morgan fingerprint density at radius 3 is 0.866 bits per heavy atom. The number of carbonyl (C=O) groups excluding carboxylic acids is 2. The number of nitrogens with one attached hydrogen (secondary N) is 1. The van der Waals surface area contributed by atoms with Gasteiger partial charge in [0, 0.05) is 12.8 Å². The van der Waals surface area contributed by atoms with Crippen molar-refractivity contribution in [3.8, 4) is 0 Å².